The first-order valence-electron chi connectivity index (χ1n) is 6.73. The molecule has 21 heavy (non-hydrogen) atoms. The summed E-state index contributed by atoms with van der Waals surface area (Å²) in [5.41, 5.74) is 6.44. The summed E-state index contributed by atoms with van der Waals surface area (Å²) < 4.78 is 1.96. The Hall–Kier alpha value is -1.86. The van der Waals surface area contributed by atoms with E-state index in [1.807, 2.05) is 48.7 Å². The van der Waals surface area contributed by atoms with Gasteiger partial charge in [-0.3, -0.25) is 4.79 Å². The smallest absolute Gasteiger partial charge is 0.234 e. The van der Waals surface area contributed by atoms with Crippen molar-refractivity contribution >= 4 is 23.4 Å². The van der Waals surface area contributed by atoms with E-state index in [0.29, 0.717) is 11.7 Å². The van der Waals surface area contributed by atoms with Gasteiger partial charge in [0.1, 0.15) is 5.82 Å². The molecule has 1 heterocycles. The summed E-state index contributed by atoms with van der Waals surface area (Å²) in [7, 11) is 0. The van der Waals surface area contributed by atoms with Crippen molar-refractivity contribution in [2.24, 2.45) is 5.73 Å². The van der Waals surface area contributed by atoms with Gasteiger partial charge in [0.2, 0.25) is 5.91 Å². The highest BCUT2D eigenvalue weighted by Gasteiger charge is 2.15. The first kappa shape index (κ1) is 15.5. The number of carbonyl (C=O) groups is 1. The summed E-state index contributed by atoms with van der Waals surface area (Å²) in [5.74, 6) is 0.944. The largest absolute Gasteiger partial charge is 0.325 e. The average molecular weight is 305 g/mol. The van der Waals surface area contributed by atoms with Gasteiger partial charge >= 0.3 is 0 Å². The lowest BCUT2D eigenvalue weighted by Gasteiger charge is -2.12. The fraction of sp³-hybridized carbons (Fsp3) is 0.357. The van der Waals surface area contributed by atoms with E-state index in [-0.39, 0.29) is 17.7 Å². The van der Waals surface area contributed by atoms with Gasteiger partial charge in [-0.1, -0.05) is 30.0 Å². The van der Waals surface area contributed by atoms with Crippen LogP contribution in [-0.2, 0) is 11.3 Å². The Morgan fingerprint density at radius 2 is 2.05 bits per heavy atom. The van der Waals surface area contributed by atoms with Crippen molar-refractivity contribution in [3.8, 4) is 0 Å². The Kier molecular flexibility index (Phi) is 5.35. The van der Waals surface area contributed by atoms with Gasteiger partial charge in [0.05, 0.1) is 12.3 Å². The fourth-order valence-electron chi connectivity index (χ4n) is 1.91. The second kappa shape index (κ2) is 7.24. The highest BCUT2D eigenvalue weighted by Crippen LogP contribution is 2.21. The van der Waals surface area contributed by atoms with Crippen LogP contribution in [0.3, 0.4) is 0 Å². The van der Waals surface area contributed by atoms with Crippen molar-refractivity contribution in [1.29, 1.82) is 0 Å². The summed E-state index contributed by atoms with van der Waals surface area (Å²) in [6.45, 7) is 4.41. The molecule has 7 heteroatoms. The number of anilines is 1. The second-order valence-corrected chi connectivity index (χ2v) is 5.71. The molecule has 2 aromatic rings. The molecule has 0 saturated carbocycles. The number of nitrogens with two attached hydrogens (primary N) is 1. The molecule has 0 fully saturated rings. The van der Waals surface area contributed by atoms with Gasteiger partial charge in [-0.15, -0.1) is 10.2 Å². The predicted octanol–water partition coefficient (Wildman–Crippen LogP) is 2.05. The third-order valence-corrected chi connectivity index (χ3v) is 3.77. The number of hydrogen-bond donors (Lipinski definition) is 2. The van der Waals surface area contributed by atoms with Crippen LogP contribution in [-0.4, -0.2) is 26.4 Å². The predicted molar refractivity (Wildman–Crippen MR) is 84.1 cm³/mol. The van der Waals surface area contributed by atoms with Crippen LogP contribution in [0.2, 0.25) is 0 Å². The zero-order valence-electron chi connectivity index (χ0n) is 12.1. The van der Waals surface area contributed by atoms with Crippen LogP contribution in [0.4, 0.5) is 5.69 Å². The van der Waals surface area contributed by atoms with Gasteiger partial charge in [0.25, 0.3) is 0 Å². The number of thioether (sulfide) groups is 1. The van der Waals surface area contributed by atoms with Gasteiger partial charge in [-0.05, 0) is 26.0 Å². The molecular weight excluding hydrogens is 286 g/mol. The average Bonchev–Trinajstić information content (AvgIpc) is 2.89. The molecular formula is C14H19N5OS. The Morgan fingerprint density at radius 3 is 2.67 bits per heavy atom. The number of amides is 1. The number of rotatable bonds is 6. The van der Waals surface area contributed by atoms with Crippen molar-refractivity contribution in [2.45, 2.75) is 31.6 Å². The number of aromatic nitrogens is 3. The lowest BCUT2D eigenvalue weighted by Crippen LogP contribution is -2.15. The van der Waals surface area contributed by atoms with Gasteiger partial charge in [0.15, 0.2) is 5.16 Å². The molecule has 2 rings (SSSR count). The second-order valence-electron chi connectivity index (χ2n) is 4.77. The Bertz CT molecular complexity index is 597. The normalized spacial score (nSPS) is 10.9. The fourth-order valence-corrected chi connectivity index (χ4v) is 2.80. The van der Waals surface area contributed by atoms with Crippen molar-refractivity contribution in [3.05, 3.63) is 36.2 Å². The van der Waals surface area contributed by atoms with E-state index in [4.69, 9.17) is 5.73 Å². The summed E-state index contributed by atoms with van der Waals surface area (Å²) in [6, 6.07) is 9.58. The topological polar surface area (TPSA) is 85.8 Å². The maximum atomic E-state index is 11.9. The molecule has 1 aromatic carbocycles. The van der Waals surface area contributed by atoms with Gasteiger partial charge in [-0.2, -0.15) is 0 Å². The summed E-state index contributed by atoms with van der Waals surface area (Å²) in [6.07, 6.45) is 0. The zero-order chi connectivity index (χ0) is 15.2. The Balaban J connectivity index is 1.97. The first-order chi connectivity index (χ1) is 10.1. The molecule has 0 bridgehead atoms. The number of hydrogen-bond acceptors (Lipinski definition) is 5. The van der Waals surface area contributed by atoms with Gasteiger partial charge in [0, 0.05) is 11.7 Å². The van der Waals surface area contributed by atoms with Gasteiger partial charge < -0.3 is 15.6 Å². The molecule has 0 aliphatic carbocycles. The molecule has 0 atom stereocenters. The van der Waals surface area contributed by atoms with Crippen LogP contribution < -0.4 is 11.1 Å². The number of carbonyl (C=O) groups excluding carboxylic acids is 1. The minimum absolute atomic E-state index is 0.0706. The van der Waals surface area contributed by atoms with E-state index in [0.717, 1.165) is 11.5 Å². The SMILES string of the molecule is CC(C)n1c(CN)nnc1SCC(=O)Nc1ccccc1. The molecule has 0 radical (unpaired) electrons. The standard InChI is InChI=1S/C14H19N5OS/c1-10(2)19-12(8-15)17-18-14(19)21-9-13(20)16-11-6-4-3-5-7-11/h3-7,10H,8-9,15H2,1-2H3,(H,16,20). The maximum Gasteiger partial charge on any atom is 0.234 e. The van der Waals surface area contributed by atoms with E-state index in [1.165, 1.54) is 11.8 Å². The van der Waals surface area contributed by atoms with E-state index < -0.39 is 0 Å². The van der Waals surface area contributed by atoms with E-state index in [2.05, 4.69) is 15.5 Å². The molecule has 0 aliphatic heterocycles. The molecule has 1 aromatic heterocycles. The van der Waals surface area contributed by atoms with Crippen molar-refractivity contribution < 1.29 is 4.79 Å². The van der Waals surface area contributed by atoms with Crippen LogP contribution in [0.5, 0.6) is 0 Å². The van der Waals surface area contributed by atoms with Crippen LogP contribution in [0.1, 0.15) is 25.7 Å². The molecule has 3 N–H and O–H groups in total. The number of nitrogens with one attached hydrogen (secondary N) is 1. The highest BCUT2D eigenvalue weighted by molar-refractivity contribution is 7.99. The lowest BCUT2D eigenvalue weighted by molar-refractivity contribution is -0.113. The third kappa shape index (κ3) is 4.05. The molecule has 0 spiro atoms. The van der Waals surface area contributed by atoms with Crippen molar-refractivity contribution in [2.75, 3.05) is 11.1 Å². The molecule has 0 unspecified atom stereocenters. The maximum absolute atomic E-state index is 11.9. The molecule has 0 saturated heterocycles. The molecule has 112 valence electrons. The number of nitrogens with zero attached hydrogens (tertiary/aromatic N) is 3. The number of benzene rings is 1. The van der Waals surface area contributed by atoms with Crippen molar-refractivity contribution in [3.63, 3.8) is 0 Å². The Morgan fingerprint density at radius 1 is 1.33 bits per heavy atom. The minimum Gasteiger partial charge on any atom is -0.325 e. The van der Waals surface area contributed by atoms with E-state index in [1.54, 1.807) is 0 Å². The minimum atomic E-state index is -0.0706. The summed E-state index contributed by atoms with van der Waals surface area (Å²) >= 11 is 1.36. The van der Waals surface area contributed by atoms with Crippen molar-refractivity contribution in [1.82, 2.24) is 14.8 Å². The third-order valence-electron chi connectivity index (χ3n) is 2.82. The lowest BCUT2D eigenvalue weighted by atomic mass is 10.3. The first-order valence-corrected chi connectivity index (χ1v) is 7.72. The monoisotopic (exact) mass is 305 g/mol. The Labute approximate surface area is 128 Å². The van der Waals surface area contributed by atoms with Crippen LogP contribution in [0.15, 0.2) is 35.5 Å². The van der Waals surface area contributed by atoms with E-state index >= 15 is 0 Å². The summed E-state index contributed by atoms with van der Waals surface area (Å²) in [4.78, 5) is 11.9. The van der Waals surface area contributed by atoms with Crippen LogP contribution >= 0.6 is 11.8 Å². The van der Waals surface area contributed by atoms with Crippen LogP contribution in [0, 0.1) is 0 Å². The zero-order valence-corrected chi connectivity index (χ0v) is 12.9. The molecule has 1 amide bonds. The van der Waals surface area contributed by atoms with E-state index in [9.17, 15) is 4.79 Å². The molecule has 6 nitrogen and oxygen atoms in total. The summed E-state index contributed by atoms with van der Waals surface area (Å²) in [5, 5.41) is 11.7. The highest BCUT2D eigenvalue weighted by atomic mass is 32.2. The number of para-hydroxylation sites is 1. The van der Waals surface area contributed by atoms with Crippen LogP contribution in [0.25, 0.3) is 0 Å². The van der Waals surface area contributed by atoms with Gasteiger partial charge in [-0.25, -0.2) is 0 Å². The quantitative estimate of drug-likeness (QED) is 0.798. The molecule has 0 aliphatic rings.